The van der Waals surface area contributed by atoms with Gasteiger partial charge in [-0.05, 0) is 41.0 Å². The molecule has 1 aromatic rings. The fourth-order valence-corrected chi connectivity index (χ4v) is 1.81. The van der Waals surface area contributed by atoms with E-state index >= 15 is 0 Å². The fourth-order valence-electron chi connectivity index (χ4n) is 1.81. The third kappa shape index (κ3) is 0.963. The van der Waals surface area contributed by atoms with Gasteiger partial charge >= 0.3 is 0 Å². The number of rotatable bonds is 0. The van der Waals surface area contributed by atoms with Crippen molar-refractivity contribution in [3.8, 4) is 0 Å². The highest BCUT2D eigenvalue weighted by atomic mass is 14.1. The average Bonchev–Trinajstić information content (AvgIpc) is 2.29. The van der Waals surface area contributed by atoms with Gasteiger partial charge in [-0.3, -0.25) is 0 Å². The Morgan fingerprint density at radius 1 is 1.00 bits per heavy atom. The molecule has 0 radical (unpaired) electrons. The van der Waals surface area contributed by atoms with E-state index in [1.807, 2.05) is 18.2 Å². The van der Waals surface area contributed by atoms with Crippen LogP contribution in [0.4, 0.5) is 0 Å². The largest absolute Gasteiger partial charge is 0.120 e. The summed E-state index contributed by atoms with van der Waals surface area (Å²) < 4.78 is 0. The van der Waals surface area contributed by atoms with E-state index in [2.05, 4.69) is 41.8 Å². The summed E-state index contributed by atoms with van der Waals surface area (Å²) in [6, 6.07) is 8.38. The molecule has 64 valence electrons. The van der Waals surface area contributed by atoms with Gasteiger partial charge in [-0.1, -0.05) is 24.3 Å². The summed E-state index contributed by atoms with van der Waals surface area (Å²) in [7, 11) is 0. The van der Waals surface area contributed by atoms with Gasteiger partial charge in [-0.15, -0.1) is 11.5 Å². The van der Waals surface area contributed by atoms with E-state index in [1.165, 1.54) is 16.7 Å². The quantitative estimate of drug-likeness (QED) is 0.532. The van der Waals surface area contributed by atoms with E-state index in [1.54, 1.807) is 0 Å². The Labute approximate surface area is 82.9 Å². The Hall–Kier alpha value is -2.00. The van der Waals surface area contributed by atoms with Gasteiger partial charge < -0.3 is 0 Å². The number of hydrogen-bond acceptors (Lipinski definition) is 0. The molecule has 0 N–H and O–H groups in total. The summed E-state index contributed by atoms with van der Waals surface area (Å²) in [6.45, 7) is 0. The Morgan fingerprint density at radius 2 is 1.93 bits per heavy atom. The molecule has 0 heterocycles. The summed E-state index contributed by atoms with van der Waals surface area (Å²) >= 11 is 0. The predicted octanol–water partition coefficient (Wildman–Crippen LogP) is 3.35. The minimum Gasteiger partial charge on any atom is -0.120 e. The van der Waals surface area contributed by atoms with Crippen LogP contribution < -0.4 is 0 Å². The molecule has 2 aliphatic carbocycles. The van der Waals surface area contributed by atoms with E-state index in [4.69, 9.17) is 0 Å². The number of benzene rings is 1. The molecule has 0 nitrogen and oxygen atoms in total. The Balaban J connectivity index is 2.37. The molecule has 0 spiro atoms. The molecule has 14 heavy (non-hydrogen) atoms. The first-order valence-electron chi connectivity index (χ1n) is 4.64. The van der Waals surface area contributed by atoms with Crippen molar-refractivity contribution in [3.63, 3.8) is 0 Å². The third-order valence-electron chi connectivity index (χ3n) is 2.50. The second-order valence-corrected chi connectivity index (χ2v) is 3.35. The second-order valence-electron chi connectivity index (χ2n) is 3.35. The van der Waals surface area contributed by atoms with Crippen LogP contribution in [0.3, 0.4) is 0 Å². The predicted molar refractivity (Wildman–Crippen MR) is 58.6 cm³/mol. The van der Waals surface area contributed by atoms with E-state index in [-0.39, 0.29) is 0 Å². The lowest BCUT2D eigenvalue weighted by molar-refractivity contribution is 1.52. The van der Waals surface area contributed by atoms with Crippen molar-refractivity contribution < 1.29 is 0 Å². The number of allylic oxidation sites excluding steroid dienone is 4. The fraction of sp³-hybridized carbons (Fsp3) is 0. The zero-order chi connectivity index (χ0) is 9.38. The summed E-state index contributed by atoms with van der Waals surface area (Å²) in [5.41, 5.74) is 11.2. The molecule has 0 saturated heterocycles. The van der Waals surface area contributed by atoms with Crippen molar-refractivity contribution in [2.75, 3.05) is 0 Å². The zero-order valence-electron chi connectivity index (χ0n) is 7.62. The molecule has 0 saturated carbocycles. The van der Waals surface area contributed by atoms with Gasteiger partial charge in [0.15, 0.2) is 0 Å². The monoisotopic (exact) mass is 176 g/mol. The van der Waals surface area contributed by atoms with Gasteiger partial charge in [0.2, 0.25) is 0 Å². The van der Waals surface area contributed by atoms with Crippen molar-refractivity contribution >= 4 is 11.6 Å². The number of fused-ring (bicyclic) bond motifs is 3. The normalized spacial score (nSPS) is 15.7. The molecule has 0 aliphatic heterocycles. The minimum absolute atomic E-state index is 1.13. The highest BCUT2D eigenvalue weighted by Gasteiger charge is 2.12. The third-order valence-corrected chi connectivity index (χ3v) is 2.50. The molecule has 0 fully saturated rings. The highest BCUT2D eigenvalue weighted by Crippen LogP contribution is 2.31. The van der Waals surface area contributed by atoms with E-state index in [0.717, 1.165) is 5.57 Å². The molecule has 0 unspecified atom stereocenters. The van der Waals surface area contributed by atoms with Crippen LogP contribution in [-0.2, 0) is 0 Å². The van der Waals surface area contributed by atoms with Crippen molar-refractivity contribution in [1.29, 1.82) is 0 Å². The second kappa shape index (κ2) is 2.75. The van der Waals surface area contributed by atoms with Gasteiger partial charge in [0, 0.05) is 5.57 Å². The van der Waals surface area contributed by atoms with E-state index in [9.17, 15) is 0 Å². The molecular formula is C14H8. The Morgan fingerprint density at radius 3 is 2.93 bits per heavy atom. The SMILES string of the molecule is C1=CC=C2C(=C=Cc3ccccc32)C=1. The molecular weight excluding hydrogens is 168 g/mol. The summed E-state index contributed by atoms with van der Waals surface area (Å²) in [4.78, 5) is 0. The molecule has 0 bridgehead atoms. The lowest BCUT2D eigenvalue weighted by atomic mass is 9.89. The smallest absolute Gasteiger partial charge is 0.0320 e. The van der Waals surface area contributed by atoms with E-state index in [0.29, 0.717) is 0 Å². The molecule has 3 rings (SSSR count). The van der Waals surface area contributed by atoms with Crippen LogP contribution in [0.1, 0.15) is 11.1 Å². The first kappa shape index (κ1) is 7.41. The van der Waals surface area contributed by atoms with Gasteiger partial charge in [0.05, 0.1) is 0 Å². The maximum atomic E-state index is 3.26. The standard InChI is InChI=1S/C14H8/c1-3-7-13-11(5-1)9-10-12-6-2-4-8-14(12)13/h1,3-9H. The lowest BCUT2D eigenvalue weighted by Gasteiger charge is -2.14. The van der Waals surface area contributed by atoms with Crippen molar-refractivity contribution in [1.82, 2.24) is 0 Å². The van der Waals surface area contributed by atoms with Gasteiger partial charge in [-0.25, -0.2) is 0 Å². The van der Waals surface area contributed by atoms with Gasteiger partial charge in [0.1, 0.15) is 0 Å². The van der Waals surface area contributed by atoms with Crippen LogP contribution >= 0.6 is 0 Å². The summed E-state index contributed by atoms with van der Waals surface area (Å²) in [5.74, 6) is 0. The summed E-state index contributed by atoms with van der Waals surface area (Å²) in [5, 5.41) is 0. The molecule has 0 heteroatoms. The lowest BCUT2D eigenvalue weighted by Crippen LogP contribution is -1.95. The highest BCUT2D eigenvalue weighted by molar-refractivity contribution is 5.90. The van der Waals surface area contributed by atoms with Crippen LogP contribution in [-0.4, -0.2) is 0 Å². The van der Waals surface area contributed by atoms with Crippen LogP contribution in [0.25, 0.3) is 11.6 Å². The van der Waals surface area contributed by atoms with Crippen molar-refractivity contribution in [2.24, 2.45) is 0 Å². The van der Waals surface area contributed by atoms with Crippen LogP contribution in [0, 0.1) is 0 Å². The first-order chi connectivity index (χ1) is 6.95. The average molecular weight is 176 g/mol. The van der Waals surface area contributed by atoms with Crippen LogP contribution in [0.5, 0.6) is 0 Å². The maximum Gasteiger partial charge on any atom is 0.0320 e. The number of hydrogen-bond donors (Lipinski definition) is 0. The first-order valence-corrected chi connectivity index (χ1v) is 4.64. The van der Waals surface area contributed by atoms with Gasteiger partial charge in [-0.2, -0.15) is 0 Å². The summed E-state index contributed by atoms with van der Waals surface area (Å²) in [6.07, 6.45) is 8.05. The maximum absolute atomic E-state index is 3.26. The van der Waals surface area contributed by atoms with Crippen LogP contribution in [0.15, 0.2) is 59.5 Å². The van der Waals surface area contributed by atoms with Gasteiger partial charge in [0.25, 0.3) is 0 Å². The molecule has 0 atom stereocenters. The molecule has 0 amide bonds. The van der Waals surface area contributed by atoms with Crippen molar-refractivity contribution in [2.45, 2.75) is 0 Å². The molecule has 2 aliphatic rings. The van der Waals surface area contributed by atoms with Crippen molar-refractivity contribution in [3.05, 3.63) is 70.7 Å². The molecule has 0 aromatic heterocycles. The Kier molecular flexibility index (Phi) is 1.46. The topological polar surface area (TPSA) is 0 Å². The molecule has 1 aromatic carbocycles. The Bertz CT molecular complexity index is 555. The van der Waals surface area contributed by atoms with Crippen LogP contribution in [0.2, 0.25) is 0 Å². The minimum atomic E-state index is 1.13. The zero-order valence-corrected chi connectivity index (χ0v) is 7.62. The van der Waals surface area contributed by atoms with E-state index < -0.39 is 0 Å².